The van der Waals surface area contributed by atoms with E-state index in [0.29, 0.717) is 5.75 Å². The first kappa shape index (κ1) is 17.1. The number of hydrogen-bond acceptors (Lipinski definition) is 3. The molecule has 3 aromatic carbocycles. The Balaban J connectivity index is 1.66. The van der Waals surface area contributed by atoms with E-state index in [9.17, 15) is 4.79 Å². The number of nitrogens with one attached hydrogen (secondary N) is 1. The molecule has 0 aromatic heterocycles. The molecule has 0 aliphatic heterocycles. The summed E-state index contributed by atoms with van der Waals surface area (Å²) in [6.45, 7) is -0.0344. The molecule has 1 amide bonds. The number of carbonyl (C=O) groups is 1. The van der Waals surface area contributed by atoms with E-state index in [2.05, 4.69) is 5.32 Å². The normalized spacial score (nSPS) is 10.3. The van der Waals surface area contributed by atoms with Gasteiger partial charge in [0.05, 0.1) is 0 Å². The van der Waals surface area contributed by atoms with Gasteiger partial charge in [0, 0.05) is 16.1 Å². The van der Waals surface area contributed by atoms with Crippen LogP contribution in [0.4, 0.5) is 5.69 Å². The van der Waals surface area contributed by atoms with E-state index < -0.39 is 0 Å². The molecule has 0 bridgehead atoms. The summed E-state index contributed by atoms with van der Waals surface area (Å²) in [4.78, 5) is 13.3. The van der Waals surface area contributed by atoms with Crippen LogP contribution in [0.5, 0.6) is 5.75 Å². The minimum Gasteiger partial charge on any atom is -0.483 e. The van der Waals surface area contributed by atoms with E-state index in [4.69, 9.17) is 4.74 Å². The summed E-state index contributed by atoms with van der Waals surface area (Å²) in [6.07, 6.45) is 2.00. The fourth-order valence-corrected chi connectivity index (χ4v) is 2.95. The van der Waals surface area contributed by atoms with Gasteiger partial charge in [-0.2, -0.15) is 0 Å². The van der Waals surface area contributed by atoms with Gasteiger partial charge >= 0.3 is 0 Å². The molecule has 3 nitrogen and oxygen atoms in total. The summed E-state index contributed by atoms with van der Waals surface area (Å²) in [6, 6.07) is 25.5. The zero-order valence-corrected chi connectivity index (χ0v) is 14.8. The largest absolute Gasteiger partial charge is 0.483 e. The number of carbonyl (C=O) groups excluding carboxylic acids is 1. The van der Waals surface area contributed by atoms with Crippen molar-refractivity contribution >= 4 is 23.4 Å². The van der Waals surface area contributed by atoms with Crippen molar-refractivity contribution in [3.05, 3.63) is 78.9 Å². The maximum absolute atomic E-state index is 12.2. The summed E-state index contributed by atoms with van der Waals surface area (Å²) in [7, 11) is 0. The van der Waals surface area contributed by atoms with Crippen molar-refractivity contribution in [1.29, 1.82) is 0 Å². The van der Waals surface area contributed by atoms with Crippen LogP contribution < -0.4 is 10.1 Å². The van der Waals surface area contributed by atoms with E-state index in [-0.39, 0.29) is 12.5 Å². The average molecular weight is 349 g/mol. The lowest BCUT2D eigenvalue weighted by Gasteiger charge is -2.12. The second-order valence-corrected chi connectivity index (χ2v) is 6.31. The quantitative estimate of drug-likeness (QED) is 0.630. The van der Waals surface area contributed by atoms with E-state index >= 15 is 0 Å². The number of rotatable bonds is 6. The zero-order valence-electron chi connectivity index (χ0n) is 13.9. The first-order chi connectivity index (χ1) is 12.3. The van der Waals surface area contributed by atoms with E-state index in [1.54, 1.807) is 11.8 Å². The summed E-state index contributed by atoms with van der Waals surface area (Å²) in [5.41, 5.74) is 2.81. The molecule has 0 radical (unpaired) electrons. The van der Waals surface area contributed by atoms with Crippen LogP contribution >= 0.6 is 11.8 Å². The second kappa shape index (κ2) is 8.40. The lowest BCUT2D eigenvalue weighted by atomic mass is 10.1. The minimum atomic E-state index is -0.180. The van der Waals surface area contributed by atoms with Gasteiger partial charge < -0.3 is 10.1 Å². The minimum absolute atomic E-state index is 0.0344. The first-order valence-corrected chi connectivity index (χ1v) is 9.20. The molecule has 3 rings (SSSR count). The number of thioether (sulfide) groups is 1. The summed E-state index contributed by atoms with van der Waals surface area (Å²) in [5, 5.41) is 2.87. The third-order valence-electron chi connectivity index (χ3n) is 3.68. The molecule has 0 fully saturated rings. The second-order valence-electron chi connectivity index (χ2n) is 5.43. The molecule has 0 aliphatic carbocycles. The number of hydrogen-bond donors (Lipinski definition) is 1. The number of anilines is 1. The predicted octanol–water partition coefficient (Wildman–Crippen LogP) is 5.09. The van der Waals surface area contributed by atoms with E-state index in [0.717, 1.165) is 21.7 Å². The van der Waals surface area contributed by atoms with Gasteiger partial charge in [0.15, 0.2) is 6.61 Å². The molecule has 25 heavy (non-hydrogen) atoms. The maximum Gasteiger partial charge on any atom is 0.262 e. The molecular formula is C21H19NO2S. The smallest absolute Gasteiger partial charge is 0.262 e. The highest BCUT2D eigenvalue weighted by Crippen LogP contribution is 2.29. The molecule has 0 heterocycles. The molecule has 0 unspecified atom stereocenters. The topological polar surface area (TPSA) is 38.3 Å². The number of ether oxygens (including phenoxy) is 1. The van der Waals surface area contributed by atoms with E-state index in [1.807, 2.05) is 85.1 Å². The number of amides is 1. The van der Waals surface area contributed by atoms with Gasteiger partial charge in [0.2, 0.25) is 0 Å². The average Bonchev–Trinajstić information content (AvgIpc) is 2.67. The summed E-state index contributed by atoms with van der Waals surface area (Å²) < 4.78 is 5.76. The maximum atomic E-state index is 12.2. The van der Waals surface area contributed by atoms with Crippen LogP contribution in [0.2, 0.25) is 0 Å². The van der Waals surface area contributed by atoms with Crippen LogP contribution in [0.15, 0.2) is 83.8 Å². The first-order valence-electron chi connectivity index (χ1n) is 7.97. The standard InChI is InChI=1S/C21H19NO2S/c1-25-18-11-7-10-17(14-18)22-21(23)15-24-20-13-6-5-12-19(20)16-8-3-2-4-9-16/h2-14H,15H2,1H3,(H,22,23). The lowest BCUT2D eigenvalue weighted by Crippen LogP contribution is -2.20. The lowest BCUT2D eigenvalue weighted by molar-refractivity contribution is -0.118. The molecule has 1 N–H and O–H groups in total. The Kier molecular flexibility index (Phi) is 5.75. The van der Waals surface area contributed by atoms with Crippen molar-refractivity contribution in [2.45, 2.75) is 4.90 Å². The molecular weight excluding hydrogens is 330 g/mol. The number of benzene rings is 3. The van der Waals surface area contributed by atoms with Gasteiger partial charge in [-0.15, -0.1) is 11.8 Å². The van der Waals surface area contributed by atoms with Gasteiger partial charge in [0.1, 0.15) is 5.75 Å². The number of para-hydroxylation sites is 1. The molecule has 4 heteroatoms. The van der Waals surface area contributed by atoms with E-state index in [1.165, 1.54) is 0 Å². The molecule has 0 saturated carbocycles. The van der Waals surface area contributed by atoms with Gasteiger partial charge in [-0.25, -0.2) is 0 Å². The Morgan fingerprint density at radius 2 is 1.72 bits per heavy atom. The summed E-state index contributed by atoms with van der Waals surface area (Å²) >= 11 is 1.64. The van der Waals surface area contributed by atoms with Crippen LogP contribution in [0, 0.1) is 0 Å². The molecule has 0 saturated heterocycles. The summed E-state index contributed by atoms with van der Waals surface area (Å²) in [5.74, 6) is 0.517. The zero-order chi connectivity index (χ0) is 17.5. The molecule has 0 spiro atoms. The fraction of sp³-hybridized carbons (Fsp3) is 0.0952. The van der Waals surface area contributed by atoms with Crippen LogP contribution in [0.1, 0.15) is 0 Å². The van der Waals surface area contributed by atoms with Crippen molar-refractivity contribution in [2.24, 2.45) is 0 Å². The third kappa shape index (κ3) is 4.64. The van der Waals surface area contributed by atoms with Crippen LogP contribution in [0.25, 0.3) is 11.1 Å². The molecule has 0 atom stereocenters. The van der Waals surface area contributed by atoms with Gasteiger partial charge in [-0.05, 0) is 36.1 Å². The Bertz CT molecular complexity index is 849. The molecule has 3 aromatic rings. The highest BCUT2D eigenvalue weighted by atomic mass is 32.2. The van der Waals surface area contributed by atoms with Crippen molar-refractivity contribution in [3.63, 3.8) is 0 Å². The highest BCUT2D eigenvalue weighted by molar-refractivity contribution is 7.98. The van der Waals surface area contributed by atoms with Gasteiger partial charge in [-0.1, -0.05) is 54.6 Å². The van der Waals surface area contributed by atoms with Crippen molar-refractivity contribution in [2.75, 3.05) is 18.2 Å². The Morgan fingerprint density at radius 1 is 0.960 bits per heavy atom. The SMILES string of the molecule is CSc1cccc(NC(=O)COc2ccccc2-c2ccccc2)c1. The monoisotopic (exact) mass is 349 g/mol. The Labute approximate surface area is 152 Å². The van der Waals surface area contributed by atoms with Crippen LogP contribution in [-0.4, -0.2) is 18.8 Å². The van der Waals surface area contributed by atoms with Gasteiger partial charge in [-0.3, -0.25) is 4.79 Å². The highest BCUT2D eigenvalue weighted by Gasteiger charge is 2.08. The Morgan fingerprint density at radius 3 is 2.52 bits per heavy atom. The fourth-order valence-electron chi connectivity index (χ4n) is 2.49. The van der Waals surface area contributed by atoms with Crippen molar-refractivity contribution in [3.8, 4) is 16.9 Å². The van der Waals surface area contributed by atoms with Crippen LogP contribution in [-0.2, 0) is 4.79 Å². The Hall–Kier alpha value is -2.72. The molecule has 0 aliphatic rings. The van der Waals surface area contributed by atoms with Crippen molar-refractivity contribution in [1.82, 2.24) is 0 Å². The van der Waals surface area contributed by atoms with Crippen LogP contribution in [0.3, 0.4) is 0 Å². The van der Waals surface area contributed by atoms with Gasteiger partial charge in [0.25, 0.3) is 5.91 Å². The third-order valence-corrected chi connectivity index (χ3v) is 4.41. The predicted molar refractivity (Wildman–Crippen MR) is 104 cm³/mol. The molecule has 126 valence electrons. The van der Waals surface area contributed by atoms with Crippen molar-refractivity contribution < 1.29 is 9.53 Å².